The number of nitrogens with zero attached hydrogens (tertiary/aromatic N) is 3. The SMILES string of the molecule is CC/C=C\C(COc1ccc(C2(c3ccc(/C(N)=N/N(N)CC4CCCN4)cc3)CC3CCC2C3)cc1)=NC. The zero-order valence-electron chi connectivity index (χ0n) is 23.5. The molecule has 7 nitrogen and oxygen atoms in total. The molecule has 2 aromatic carbocycles. The van der Waals surface area contributed by atoms with Crippen molar-refractivity contribution in [2.45, 2.75) is 63.3 Å². The Morgan fingerprint density at radius 2 is 1.85 bits per heavy atom. The number of aliphatic imine (C=N–C) groups is 1. The van der Waals surface area contributed by atoms with Gasteiger partial charge in [0.1, 0.15) is 12.4 Å². The summed E-state index contributed by atoms with van der Waals surface area (Å²) < 4.78 is 6.06. The Morgan fingerprint density at radius 3 is 2.44 bits per heavy atom. The van der Waals surface area contributed by atoms with Crippen LogP contribution in [0.5, 0.6) is 5.75 Å². The van der Waals surface area contributed by atoms with Gasteiger partial charge in [-0.2, -0.15) is 0 Å². The fourth-order valence-electron chi connectivity index (χ4n) is 6.96. The third kappa shape index (κ3) is 6.04. The zero-order chi connectivity index (χ0) is 27.2. The molecule has 39 heavy (non-hydrogen) atoms. The molecule has 4 atom stereocenters. The highest BCUT2D eigenvalue weighted by Gasteiger charge is 2.52. The van der Waals surface area contributed by atoms with Gasteiger partial charge in [-0.05, 0) is 86.2 Å². The Morgan fingerprint density at radius 1 is 1.10 bits per heavy atom. The molecular weight excluding hydrogens is 484 g/mol. The fraction of sp³-hybridized carbons (Fsp3) is 0.500. The Labute approximate surface area is 233 Å². The van der Waals surface area contributed by atoms with Crippen LogP contribution in [0.3, 0.4) is 0 Å². The van der Waals surface area contributed by atoms with Crippen molar-refractivity contribution >= 4 is 11.5 Å². The smallest absolute Gasteiger partial charge is 0.152 e. The highest BCUT2D eigenvalue weighted by molar-refractivity contribution is 5.97. The average Bonchev–Trinajstić information content (AvgIpc) is 3.72. The molecule has 2 aromatic rings. The molecule has 2 saturated carbocycles. The van der Waals surface area contributed by atoms with Gasteiger partial charge >= 0.3 is 0 Å². The van der Waals surface area contributed by atoms with Crippen LogP contribution in [0, 0.1) is 11.8 Å². The first-order valence-corrected chi connectivity index (χ1v) is 14.6. The molecule has 5 rings (SSSR count). The third-order valence-corrected chi connectivity index (χ3v) is 8.94. The normalized spacial score (nSPS) is 27.0. The van der Waals surface area contributed by atoms with E-state index in [4.69, 9.17) is 16.3 Å². The van der Waals surface area contributed by atoms with Gasteiger partial charge in [0.25, 0.3) is 0 Å². The molecule has 4 unspecified atom stereocenters. The standard InChI is InChI=1S/C32H44N6O/c1-3-4-6-29(35-2)22-39-30-16-14-26(15-17-30)32(20-23-8-11-27(32)19-23)25-12-9-24(10-13-25)31(33)37-38(34)21-28-7-5-18-36-28/h4,6,9-10,12-17,23,27-28,36H,3,5,7-8,11,18-22,34H2,1-2H3,(H2,33,37)/b6-4-,35-29?. The summed E-state index contributed by atoms with van der Waals surface area (Å²) in [5.41, 5.74) is 11.0. The van der Waals surface area contributed by atoms with Crippen LogP contribution in [0.15, 0.2) is 70.8 Å². The summed E-state index contributed by atoms with van der Waals surface area (Å²) in [6.07, 6.45) is 12.6. The van der Waals surface area contributed by atoms with Gasteiger partial charge in [0.15, 0.2) is 5.84 Å². The number of ether oxygens (including phenoxy) is 1. The van der Waals surface area contributed by atoms with Crippen LogP contribution >= 0.6 is 0 Å². The lowest BCUT2D eigenvalue weighted by Crippen LogP contribution is -2.39. The van der Waals surface area contributed by atoms with E-state index in [2.05, 4.69) is 76.9 Å². The average molecular weight is 529 g/mol. The number of allylic oxidation sites excluding steroid dienone is 1. The molecule has 5 N–H and O–H groups in total. The zero-order valence-corrected chi connectivity index (χ0v) is 23.5. The first kappa shape index (κ1) is 27.4. The van der Waals surface area contributed by atoms with Gasteiger partial charge in [-0.1, -0.05) is 55.8 Å². The minimum atomic E-state index is 0.0276. The largest absolute Gasteiger partial charge is 0.487 e. The maximum absolute atomic E-state index is 6.36. The molecule has 208 valence electrons. The number of hydrazone groups is 1. The topological polar surface area (TPSA) is 101 Å². The van der Waals surface area contributed by atoms with Crippen molar-refractivity contribution in [1.82, 2.24) is 10.4 Å². The van der Waals surface area contributed by atoms with E-state index in [0.717, 1.165) is 42.3 Å². The first-order valence-electron chi connectivity index (χ1n) is 14.6. The van der Waals surface area contributed by atoms with E-state index in [9.17, 15) is 0 Å². The predicted molar refractivity (Wildman–Crippen MR) is 160 cm³/mol. The van der Waals surface area contributed by atoms with Gasteiger partial charge in [-0.15, -0.1) is 5.10 Å². The lowest BCUT2D eigenvalue weighted by atomic mass is 9.64. The lowest BCUT2D eigenvalue weighted by Gasteiger charge is -2.39. The summed E-state index contributed by atoms with van der Waals surface area (Å²) in [6.45, 7) is 4.30. The molecule has 0 spiro atoms. The van der Waals surface area contributed by atoms with Gasteiger partial charge in [0, 0.05) is 24.1 Å². The maximum Gasteiger partial charge on any atom is 0.152 e. The second kappa shape index (κ2) is 12.3. The number of hydrogen-bond acceptors (Lipinski definition) is 6. The third-order valence-electron chi connectivity index (χ3n) is 8.94. The summed E-state index contributed by atoms with van der Waals surface area (Å²) in [6, 6.07) is 17.9. The minimum absolute atomic E-state index is 0.0276. The van der Waals surface area contributed by atoms with Crippen molar-refractivity contribution in [3.8, 4) is 5.75 Å². The summed E-state index contributed by atoms with van der Waals surface area (Å²) in [5, 5.41) is 9.38. The van der Waals surface area contributed by atoms with E-state index < -0.39 is 0 Å². The summed E-state index contributed by atoms with van der Waals surface area (Å²) in [5.74, 6) is 8.92. The van der Waals surface area contributed by atoms with E-state index in [1.165, 1.54) is 48.3 Å². The number of benzene rings is 2. The van der Waals surface area contributed by atoms with Crippen molar-refractivity contribution < 1.29 is 4.74 Å². The molecular formula is C32H44N6O. The van der Waals surface area contributed by atoms with Gasteiger partial charge < -0.3 is 15.8 Å². The molecule has 0 radical (unpaired) electrons. The molecule has 0 aromatic heterocycles. The second-order valence-electron chi connectivity index (χ2n) is 11.4. The highest BCUT2D eigenvalue weighted by atomic mass is 16.5. The summed E-state index contributed by atoms with van der Waals surface area (Å²) >= 11 is 0. The quantitative estimate of drug-likeness (QED) is 0.169. The van der Waals surface area contributed by atoms with Crippen LogP contribution in [-0.2, 0) is 5.41 Å². The number of hydrazine groups is 1. The van der Waals surface area contributed by atoms with Crippen LogP contribution < -0.4 is 21.6 Å². The molecule has 0 amide bonds. The van der Waals surface area contributed by atoms with Gasteiger partial charge in [-0.3, -0.25) is 4.99 Å². The highest BCUT2D eigenvalue weighted by Crippen LogP contribution is 2.60. The van der Waals surface area contributed by atoms with Crippen molar-refractivity contribution in [2.75, 3.05) is 26.7 Å². The number of nitrogens with one attached hydrogen (secondary N) is 1. The number of rotatable bonds is 11. The second-order valence-corrected chi connectivity index (χ2v) is 11.4. The van der Waals surface area contributed by atoms with Crippen molar-refractivity contribution in [1.29, 1.82) is 0 Å². The predicted octanol–water partition coefficient (Wildman–Crippen LogP) is 4.76. The van der Waals surface area contributed by atoms with Gasteiger partial charge in [-0.25, -0.2) is 11.0 Å². The monoisotopic (exact) mass is 528 g/mol. The molecule has 3 fully saturated rings. The van der Waals surface area contributed by atoms with E-state index in [0.29, 0.717) is 30.9 Å². The van der Waals surface area contributed by atoms with Crippen LogP contribution in [0.2, 0.25) is 0 Å². The molecule has 2 bridgehead atoms. The number of amidine groups is 1. The Hall–Kier alpha value is -3.16. The summed E-state index contributed by atoms with van der Waals surface area (Å²) in [4.78, 5) is 4.33. The molecule has 1 heterocycles. The van der Waals surface area contributed by atoms with Crippen LogP contribution in [0.25, 0.3) is 0 Å². The number of hydrogen-bond donors (Lipinski definition) is 3. The summed E-state index contributed by atoms with van der Waals surface area (Å²) in [7, 11) is 1.81. The fourth-order valence-corrected chi connectivity index (χ4v) is 6.96. The maximum atomic E-state index is 6.36. The van der Waals surface area contributed by atoms with E-state index >= 15 is 0 Å². The molecule has 1 saturated heterocycles. The van der Waals surface area contributed by atoms with E-state index in [1.54, 1.807) is 0 Å². The molecule has 2 aliphatic carbocycles. The van der Waals surface area contributed by atoms with Crippen LogP contribution in [0.1, 0.15) is 68.6 Å². The molecule has 3 aliphatic rings. The van der Waals surface area contributed by atoms with Crippen LogP contribution in [0.4, 0.5) is 0 Å². The number of nitrogens with two attached hydrogens (primary N) is 2. The van der Waals surface area contributed by atoms with Crippen molar-refractivity contribution in [3.63, 3.8) is 0 Å². The van der Waals surface area contributed by atoms with Crippen molar-refractivity contribution in [3.05, 3.63) is 77.4 Å². The molecule has 1 aliphatic heterocycles. The minimum Gasteiger partial charge on any atom is -0.487 e. The van der Waals surface area contributed by atoms with Gasteiger partial charge in [0.05, 0.1) is 12.3 Å². The van der Waals surface area contributed by atoms with Crippen molar-refractivity contribution in [2.24, 2.45) is 33.5 Å². The lowest BCUT2D eigenvalue weighted by molar-refractivity contribution is 0.269. The van der Waals surface area contributed by atoms with E-state index in [-0.39, 0.29) is 5.41 Å². The Bertz CT molecular complexity index is 1180. The first-order chi connectivity index (χ1) is 19.0. The Balaban J connectivity index is 1.33. The Kier molecular flexibility index (Phi) is 8.68. The van der Waals surface area contributed by atoms with Crippen LogP contribution in [-0.4, -0.2) is 49.5 Å². The van der Waals surface area contributed by atoms with Gasteiger partial charge in [0.2, 0.25) is 0 Å². The molecule has 7 heteroatoms. The number of fused-ring (bicyclic) bond motifs is 2. The van der Waals surface area contributed by atoms with E-state index in [1.807, 2.05) is 13.1 Å².